The topological polar surface area (TPSA) is 21.3 Å². The number of nitrogens with one attached hydrogen (secondary N) is 1. The Morgan fingerprint density at radius 3 is 2.44 bits per heavy atom. The Morgan fingerprint density at radius 1 is 0.944 bits per heavy atom. The fourth-order valence-corrected chi connectivity index (χ4v) is 3.47. The molecule has 2 atom stereocenters. The normalized spacial score (nSPS) is 30.5. The Bertz CT molecular complexity index is 213. The second-order valence-electron chi connectivity index (χ2n) is 6.22. The summed E-state index contributed by atoms with van der Waals surface area (Å²) in [6.45, 7) is 4.41. The van der Waals surface area contributed by atoms with Crippen molar-refractivity contribution in [2.24, 2.45) is 5.92 Å². The first-order chi connectivity index (χ1) is 8.90. The van der Waals surface area contributed by atoms with Crippen molar-refractivity contribution in [3.05, 3.63) is 0 Å². The third-order valence-electron chi connectivity index (χ3n) is 4.63. The van der Waals surface area contributed by atoms with Crippen LogP contribution in [0, 0.1) is 5.92 Å². The number of ether oxygens (including phenoxy) is 1. The number of hydrogen-bond donors (Lipinski definition) is 1. The first-order valence-corrected chi connectivity index (χ1v) is 8.25. The molecule has 1 N–H and O–H groups in total. The van der Waals surface area contributed by atoms with Gasteiger partial charge in [0.25, 0.3) is 0 Å². The summed E-state index contributed by atoms with van der Waals surface area (Å²) in [7, 11) is 0. The van der Waals surface area contributed by atoms with E-state index in [9.17, 15) is 0 Å². The molecule has 0 bridgehead atoms. The van der Waals surface area contributed by atoms with Gasteiger partial charge in [-0.05, 0) is 44.6 Å². The highest BCUT2D eigenvalue weighted by atomic mass is 16.5. The summed E-state index contributed by atoms with van der Waals surface area (Å²) in [4.78, 5) is 0. The van der Waals surface area contributed by atoms with Gasteiger partial charge < -0.3 is 10.1 Å². The van der Waals surface area contributed by atoms with Crippen LogP contribution in [-0.2, 0) is 4.74 Å². The van der Waals surface area contributed by atoms with Crippen LogP contribution in [0.15, 0.2) is 0 Å². The van der Waals surface area contributed by atoms with Crippen LogP contribution in [0.3, 0.4) is 0 Å². The average molecular weight is 253 g/mol. The predicted octanol–water partition coefficient (Wildman–Crippen LogP) is 3.89. The van der Waals surface area contributed by atoms with E-state index < -0.39 is 0 Å². The van der Waals surface area contributed by atoms with Gasteiger partial charge in [-0.2, -0.15) is 0 Å². The zero-order valence-corrected chi connectivity index (χ0v) is 12.1. The highest BCUT2D eigenvalue weighted by Gasteiger charge is 2.26. The summed E-state index contributed by atoms with van der Waals surface area (Å²) < 4.78 is 6.27. The molecule has 0 spiro atoms. The molecular formula is C16H31NO. The minimum absolute atomic E-state index is 0.493. The van der Waals surface area contributed by atoms with E-state index >= 15 is 0 Å². The van der Waals surface area contributed by atoms with E-state index in [-0.39, 0.29) is 0 Å². The van der Waals surface area contributed by atoms with Gasteiger partial charge in [-0.15, -0.1) is 0 Å². The van der Waals surface area contributed by atoms with E-state index in [0.717, 1.165) is 19.1 Å². The maximum atomic E-state index is 6.27. The quantitative estimate of drug-likeness (QED) is 0.775. The molecule has 0 amide bonds. The zero-order valence-electron chi connectivity index (χ0n) is 12.1. The average Bonchev–Trinajstić information content (AvgIpc) is 2.45. The lowest BCUT2D eigenvalue weighted by atomic mass is 9.89. The molecule has 0 aromatic carbocycles. The van der Waals surface area contributed by atoms with Gasteiger partial charge in [-0.1, -0.05) is 39.0 Å². The van der Waals surface area contributed by atoms with E-state index in [1.165, 1.54) is 64.2 Å². The van der Waals surface area contributed by atoms with E-state index in [0.29, 0.717) is 12.1 Å². The smallest absolute Gasteiger partial charge is 0.0728 e. The zero-order chi connectivity index (χ0) is 12.6. The lowest BCUT2D eigenvalue weighted by Crippen LogP contribution is -2.44. The largest absolute Gasteiger partial charge is 0.376 e. The lowest BCUT2D eigenvalue weighted by Gasteiger charge is -2.34. The summed E-state index contributed by atoms with van der Waals surface area (Å²) in [6.07, 6.45) is 14.2. The van der Waals surface area contributed by atoms with Gasteiger partial charge in [0.05, 0.1) is 6.10 Å². The van der Waals surface area contributed by atoms with E-state index in [4.69, 9.17) is 4.74 Å². The van der Waals surface area contributed by atoms with Crippen LogP contribution in [0.5, 0.6) is 0 Å². The Morgan fingerprint density at radius 2 is 1.67 bits per heavy atom. The Hall–Kier alpha value is -0.0800. The maximum Gasteiger partial charge on any atom is 0.0728 e. The Kier molecular flexibility index (Phi) is 6.50. The van der Waals surface area contributed by atoms with Crippen molar-refractivity contribution in [1.82, 2.24) is 5.32 Å². The van der Waals surface area contributed by atoms with Crippen LogP contribution in [0.4, 0.5) is 0 Å². The number of rotatable bonds is 6. The van der Waals surface area contributed by atoms with Crippen molar-refractivity contribution in [2.45, 2.75) is 83.3 Å². The third-order valence-corrected chi connectivity index (χ3v) is 4.63. The van der Waals surface area contributed by atoms with Crippen molar-refractivity contribution >= 4 is 0 Å². The number of hydrogen-bond acceptors (Lipinski definition) is 2. The summed E-state index contributed by atoms with van der Waals surface area (Å²) >= 11 is 0. The van der Waals surface area contributed by atoms with Gasteiger partial charge in [0.2, 0.25) is 0 Å². The lowest BCUT2D eigenvalue weighted by molar-refractivity contribution is -0.0177. The molecule has 2 aliphatic rings. The molecule has 0 aromatic rings. The van der Waals surface area contributed by atoms with Crippen LogP contribution in [0.25, 0.3) is 0 Å². The van der Waals surface area contributed by atoms with Crippen LogP contribution in [-0.4, -0.2) is 25.3 Å². The molecule has 0 heterocycles. The van der Waals surface area contributed by atoms with Gasteiger partial charge in [-0.3, -0.25) is 0 Å². The van der Waals surface area contributed by atoms with Crippen molar-refractivity contribution in [3.63, 3.8) is 0 Å². The molecule has 0 aromatic heterocycles. The van der Waals surface area contributed by atoms with E-state index in [1.54, 1.807) is 0 Å². The SMILES string of the molecule is CCCNC1CCCCC1OCC1CCCCC1. The Labute approximate surface area is 113 Å². The molecule has 2 unspecified atom stereocenters. The first kappa shape index (κ1) is 14.3. The van der Waals surface area contributed by atoms with Gasteiger partial charge in [-0.25, -0.2) is 0 Å². The predicted molar refractivity (Wildman–Crippen MR) is 76.9 cm³/mol. The molecule has 0 aliphatic heterocycles. The molecule has 2 rings (SSSR count). The van der Waals surface area contributed by atoms with E-state index in [2.05, 4.69) is 12.2 Å². The minimum atomic E-state index is 0.493. The van der Waals surface area contributed by atoms with Crippen LogP contribution >= 0.6 is 0 Å². The van der Waals surface area contributed by atoms with Crippen molar-refractivity contribution < 1.29 is 4.74 Å². The maximum absolute atomic E-state index is 6.27. The van der Waals surface area contributed by atoms with Crippen molar-refractivity contribution in [2.75, 3.05) is 13.2 Å². The highest BCUT2D eigenvalue weighted by Crippen LogP contribution is 2.26. The van der Waals surface area contributed by atoms with Crippen molar-refractivity contribution in [3.8, 4) is 0 Å². The molecule has 106 valence electrons. The molecule has 18 heavy (non-hydrogen) atoms. The monoisotopic (exact) mass is 253 g/mol. The fourth-order valence-electron chi connectivity index (χ4n) is 3.47. The highest BCUT2D eigenvalue weighted by molar-refractivity contribution is 4.82. The fraction of sp³-hybridized carbons (Fsp3) is 1.00. The summed E-state index contributed by atoms with van der Waals surface area (Å²) in [5.74, 6) is 0.854. The molecular weight excluding hydrogens is 222 g/mol. The van der Waals surface area contributed by atoms with Crippen LogP contribution in [0.2, 0.25) is 0 Å². The molecule has 0 radical (unpaired) electrons. The van der Waals surface area contributed by atoms with E-state index in [1.807, 2.05) is 0 Å². The van der Waals surface area contributed by atoms with Crippen LogP contribution in [0.1, 0.15) is 71.1 Å². The van der Waals surface area contributed by atoms with Gasteiger partial charge >= 0.3 is 0 Å². The molecule has 2 heteroatoms. The second kappa shape index (κ2) is 8.16. The summed E-state index contributed by atoms with van der Waals surface area (Å²) in [6, 6.07) is 0.627. The summed E-state index contributed by atoms with van der Waals surface area (Å²) in [5, 5.41) is 3.68. The molecule has 0 saturated heterocycles. The first-order valence-electron chi connectivity index (χ1n) is 8.25. The molecule has 2 fully saturated rings. The standard InChI is InChI=1S/C16H31NO/c1-2-12-17-15-10-6-7-11-16(15)18-13-14-8-4-3-5-9-14/h14-17H,2-13H2,1H3. The third kappa shape index (κ3) is 4.55. The van der Waals surface area contributed by atoms with Crippen LogP contribution < -0.4 is 5.32 Å². The minimum Gasteiger partial charge on any atom is -0.376 e. The van der Waals surface area contributed by atoms with Crippen molar-refractivity contribution in [1.29, 1.82) is 0 Å². The molecule has 2 nitrogen and oxygen atoms in total. The van der Waals surface area contributed by atoms with Gasteiger partial charge in [0.15, 0.2) is 0 Å². The second-order valence-corrected chi connectivity index (χ2v) is 6.22. The van der Waals surface area contributed by atoms with Gasteiger partial charge in [0, 0.05) is 12.6 Å². The molecule has 2 aliphatic carbocycles. The summed E-state index contributed by atoms with van der Waals surface area (Å²) in [5.41, 5.74) is 0. The van der Waals surface area contributed by atoms with Gasteiger partial charge in [0.1, 0.15) is 0 Å². The molecule has 2 saturated carbocycles. The Balaban J connectivity index is 1.70.